The number of hydrogen-bond donors (Lipinski definition) is 6. The molecule has 0 spiro atoms. The summed E-state index contributed by atoms with van der Waals surface area (Å²) in [6, 6.07) is -1.92. The number of rotatable bonds is 3. The third kappa shape index (κ3) is 9.40. The fourth-order valence-electron chi connectivity index (χ4n) is 2.40. The Kier molecular flexibility index (Phi) is 11.8. The Hall–Kier alpha value is -1.82. The molecule has 13 heteroatoms. The fraction of sp³-hybridized carbons (Fsp3) is 0.600. The molecule has 3 amide bonds. The third-order valence-electron chi connectivity index (χ3n) is 3.88. The van der Waals surface area contributed by atoms with Gasteiger partial charge in [-0.15, -0.1) is 0 Å². The van der Waals surface area contributed by atoms with Crippen LogP contribution in [-0.4, -0.2) is 69.1 Å². The van der Waals surface area contributed by atoms with Gasteiger partial charge in [-0.2, -0.15) is 0 Å². The van der Waals surface area contributed by atoms with Gasteiger partial charge in [-0.25, -0.2) is 14.4 Å². The van der Waals surface area contributed by atoms with Gasteiger partial charge in [0.25, 0.3) is 0 Å². The van der Waals surface area contributed by atoms with E-state index in [9.17, 15) is 28.8 Å². The molecule has 6 N–H and O–H groups in total. The van der Waals surface area contributed by atoms with Crippen molar-refractivity contribution in [3.8, 4) is 0 Å². The minimum absolute atomic E-state index is 0. The van der Waals surface area contributed by atoms with Crippen LogP contribution in [0.2, 0.25) is 0 Å². The molecule has 0 aliphatic carbocycles. The van der Waals surface area contributed by atoms with Crippen LogP contribution in [-0.2, 0) is 28.8 Å². The van der Waals surface area contributed by atoms with Gasteiger partial charge in [0, 0.05) is 60.6 Å². The van der Waals surface area contributed by atoms with Gasteiger partial charge in [0.15, 0.2) is 0 Å². The van der Waals surface area contributed by atoms with Crippen LogP contribution < -0.4 is 16.0 Å². The first kappa shape index (κ1) is 26.2. The largest absolute Gasteiger partial charge is 0.480 e. The molecule has 0 aromatic carbocycles. The molecule has 0 aromatic heterocycles. The maximum atomic E-state index is 10.4. The first-order valence-electron chi connectivity index (χ1n) is 8.16. The second kappa shape index (κ2) is 12.6. The zero-order valence-electron chi connectivity index (χ0n) is 14.8. The van der Waals surface area contributed by atoms with Crippen molar-refractivity contribution in [3.05, 3.63) is 0 Å². The summed E-state index contributed by atoms with van der Waals surface area (Å²) in [6.07, 6.45) is 2.31. The smallest absolute Gasteiger partial charge is 0.326 e. The Balaban J connectivity index is 0.000000384. The number of carbonyl (C=O) groups is 6. The minimum Gasteiger partial charge on any atom is -0.480 e. The van der Waals surface area contributed by atoms with Crippen molar-refractivity contribution in [2.24, 2.45) is 0 Å². The van der Waals surface area contributed by atoms with E-state index in [1.54, 1.807) is 0 Å². The molecule has 12 nitrogen and oxygen atoms in total. The van der Waals surface area contributed by atoms with Crippen LogP contribution in [0.4, 0.5) is 0 Å². The van der Waals surface area contributed by atoms with Crippen molar-refractivity contribution in [1.29, 1.82) is 0 Å². The molecule has 3 aliphatic rings. The number of carboxylic acid groups (broad SMARTS) is 3. The fourth-order valence-corrected chi connectivity index (χ4v) is 2.40. The van der Waals surface area contributed by atoms with E-state index < -0.39 is 36.0 Å². The second-order valence-electron chi connectivity index (χ2n) is 5.99. The summed E-state index contributed by atoms with van der Waals surface area (Å²) in [5.41, 5.74) is 0. The van der Waals surface area contributed by atoms with Crippen molar-refractivity contribution in [1.82, 2.24) is 16.0 Å². The molecule has 3 rings (SSSR count). The number of carbonyl (C=O) groups excluding carboxylic acids is 3. The van der Waals surface area contributed by atoms with Crippen LogP contribution >= 0.6 is 0 Å². The molecule has 3 saturated heterocycles. The van der Waals surface area contributed by atoms with Gasteiger partial charge in [0.2, 0.25) is 17.7 Å². The van der Waals surface area contributed by atoms with Crippen LogP contribution in [0.5, 0.6) is 0 Å². The molecular formula is C15H21N3O9Pr. The van der Waals surface area contributed by atoms with E-state index in [1.807, 2.05) is 0 Å². The predicted octanol–water partition coefficient (Wildman–Crippen LogP) is -1.95. The van der Waals surface area contributed by atoms with Gasteiger partial charge in [-0.3, -0.25) is 14.4 Å². The summed E-state index contributed by atoms with van der Waals surface area (Å²) in [7, 11) is 0. The summed E-state index contributed by atoms with van der Waals surface area (Å²) >= 11 is 0. The molecule has 0 unspecified atom stereocenters. The van der Waals surface area contributed by atoms with E-state index in [1.165, 1.54) is 0 Å². The normalized spacial score (nSPS) is 24.9. The first-order valence-corrected chi connectivity index (χ1v) is 8.16. The summed E-state index contributed by atoms with van der Waals surface area (Å²) in [6.45, 7) is 0. The zero-order chi connectivity index (χ0) is 20.6. The molecule has 3 atom stereocenters. The van der Waals surface area contributed by atoms with Gasteiger partial charge in [-0.05, 0) is 19.3 Å². The maximum absolute atomic E-state index is 10.4. The Morgan fingerprint density at radius 1 is 0.607 bits per heavy atom. The van der Waals surface area contributed by atoms with E-state index >= 15 is 0 Å². The topological polar surface area (TPSA) is 199 Å². The molecule has 153 valence electrons. The van der Waals surface area contributed by atoms with Crippen LogP contribution in [0.25, 0.3) is 0 Å². The SMILES string of the molecule is O=C1CC[C@@H](C(=O)O)N1.O=C1CC[C@@H](C(=O)O)N1.O=C1CC[C@@H](C(=O)O)N1.[Pr]. The van der Waals surface area contributed by atoms with Crippen LogP contribution in [0, 0.1) is 41.3 Å². The molecule has 28 heavy (non-hydrogen) atoms. The Bertz CT molecular complexity index is 555. The van der Waals surface area contributed by atoms with Gasteiger partial charge in [0.05, 0.1) is 0 Å². The summed E-state index contributed by atoms with van der Waals surface area (Å²) in [4.78, 5) is 61.5. The standard InChI is InChI=1S/3C5H7NO3.Pr/c3*7-4-2-1-3(6-4)5(8)9;/h3*3H,1-2H2,(H,6,7)(H,8,9);/t3*3-;/m000./s1. The van der Waals surface area contributed by atoms with Crippen LogP contribution in [0.1, 0.15) is 38.5 Å². The molecule has 3 aliphatic heterocycles. The van der Waals surface area contributed by atoms with E-state index in [-0.39, 0.29) is 59.0 Å². The Morgan fingerprint density at radius 2 is 0.821 bits per heavy atom. The molecule has 3 heterocycles. The molecular weight excluding hydrogens is 507 g/mol. The van der Waals surface area contributed by atoms with Crippen molar-refractivity contribution in [2.45, 2.75) is 56.7 Å². The van der Waals surface area contributed by atoms with E-state index in [4.69, 9.17) is 15.3 Å². The Labute approximate surface area is 192 Å². The number of nitrogens with one attached hydrogen (secondary N) is 3. The number of carboxylic acids is 3. The van der Waals surface area contributed by atoms with Gasteiger partial charge >= 0.3 is 17.9 Å². The number of aliphatic carboxylic acids is 3. The third-order valence-corrected chi connectivity index (χ3v) is 3.88. The average molecular weight is 528 g/mol. The Morgan fingerprint density at radius 3 is 0.893 bits per heavy atom. The van der Waals surface area contributed by atoms with Crippen molar-refractivity contribution in [2.75, 3.05) is 0 Å². The van der Waals surface area contributed by atoms with Crippen LogP contribution in [0.15, 0.2) is 0 Å². The quantitative estimate of drug-likeness (QED) is 0.241. The maximum Gasteiger partial charge on any atom is 0.326 e. The molecule has 3 fully saturated rings. The van der Waals surface area contributed by atoms with E-state index in [2.05, 4.69) is 16.0 Å². The van der Waals surface area contributed by atoms with Crippen LogP contribution in [0.3, 0.4) is 0 Å². The summed E-state index contributed by atoms with van der Waals surface area (Å²) in [5.74, 6) is -3.32. The number of amides is 3. The van der Waals surface area contributed by atoms with Crippen molar-refractivity contribution in [3.63, 3.8) is 0 Å². The van der Waals surface area contributed by atoms with Crippen molar-refractivity contribution >= 4 is 35.6 Å². The van der Waals surface area contributed by atoms with E-state index in [0.29, 0.717) is 38.5 Å². The summed E-state index contributed by atoms with van der Waals surface area (Å²) in [5, 5.41) is 31.9. The summed E-state index contributed by atoms with van der Waals surface area (Å²) < 4.78 is 0. The zero-order valence-corrected chi connectivity index (χ0v) is 18.5. The van der Waals surface area contributed by atoms with E-state index in [0.717, 1.165) is 0 Å². The monoisotopic (exact) mass is 528 g/mol. The average Bonchev–Trinajstić information content (AvgIpc) is 3.30. The predicted molar refractivity (Wildman–Crippen MR) is 86.4 cm³/mol. The van der Waals surface area contributed by atoms with Gasteiger partial charge in [0.1, 0.15) is 18.1 Å². The second-order valence-corrected chi connectivity index (χ2v) is 5.99. The van der Waals surface area contributed by atoms with Gasteiger partial charge < -0.3 is 31.3 Å². The molecule has 0 aromatic rings. The minimum atomic E-state index is -0.944. The molecule has 0 bridgehead atoms. The molecule has 0 saturated carbocycles. The van der Waals surface area contributed by atoms with Gasteiger partial charge in [-0.1, -0.05) is 0 Å². The first-order chi connectivity index (χ1) is 12.6. The van der Waals surface area contributed by atoms with Crippen molar-refractivity contribution < 1.29 is 85.4 Å². The molecule has 1 radical (unpaired) electrons. The number of hydrogen-bond acceptors (Lipinski definition) is 6.